The molecule has 1 saturated heterocycles. The summed E-state index contributed by atoms with van der Waals surface area (Å²) in [4.78, 5) is 5.42. The Morgan fingerprint density at radius 3 is 2.11 bits per heavy atom. The zero-order valence-corrected chi connectivity index (χ0v) is 13.2. The van der Waals surface area contributed by atoms with Gasteiger partial charge in [0.25, 0.3) is 0 Å². The lowest BCUT2D eigenvalue weighted by Crippen LogP contribution is -2.51. The van der Waals surface area contributed by atoms with E-state index in [-0.39, 0.29) is 0 Å². The molecule has 1 heterocycles. The summed E-state index contributed by atoms with van der Waals surface area (Å²) in [5.41, 5.74) is 0.542. The molecule has 0 aromatic carbocycles. The third-order valence-corrected chi connectivity index (χ3v) is 6.16. The molecular weight excluding hydrogens is 252 g/mol. The highest BCUT2D eigenvalue weighted by atomic mass is 32.1. The first-order valence-corrected chi connectivity index (χ1v) is 8.99. The second-order valence-electron chi connectivity index (χ2n) is 7.24. The van der Waals surface area contributed by atoms with Crippen molar-refractivity contribution >= 4 is 12.6 Å². The van der Waals surface area contributed by atoms with E-state index in [1.165, 1.54) is 84.2 Å². The zero-order valence-electron chi connectivity index (χ0n) is 12.3. The molecule has 3 rings (SSSR count). The first-order valence-electron chi connectivity index (χ1n) is 8.35. The van der Waals surface area contributed by atoms with E-state index in [1.807, 2.05) is 0 Å². The molecule has 2 nitrogen and oxygen atoms in total. The van der Waals surface area contributed by atoms with Crippen LogP contribution >= 0.6 is 12.6 Å². The molecule has 2 aliphatic carbocycles. The number of hydrogen-bond acceptors (Lipinski definition) is 3. The van der Waals surface area contributed by atoms with Gasteiger partial charge in [0, 0.05) is 39.3 Å². The van der Waals surface area contributed by atoms with E-state index in [0.29, 0.717) is 5.41 Å². The molecule has 3 aliphatic rings. The van der Waals surface area contributed by atoms with Crippen LogP contribution in [-0.4, -0.2) is 54.8 Å². The van der Waals surface area contributed by atoms with Crippen LogP contribution in [0.15, 0.2) is 0 Å². The smallest absolute Gasteiger partial charge is 0.0110 e. The quantitative estimate of drug-likeness (QED) is 0.775. The Morgan fingerprint density at radius 1 is 0.895 bits per heavy atom. The molecule has 0 N–H and O–H groups in total. The van der Waals surface area contributed by atoms with Gasteiger partial charge >= 0.3 is 0 Å². The van der Waals surface area contributed by atoms with Crippen LogP contribution < -0.4 is 0 Å². The van der Waals surface area contributed by atoms with Crippen molar-refractivity contribution in [2.24, 2.45) is 11.3 Å². The Balaban J connectivity index is 1.44. The van der Waals surface area contributed by atoms with Gasteiger partial charge in [0.1, 0.15) is 0 Å². The van der Waals surface area contributed by atoms with Gasteiger partial charge in [0.15, 0.2) is 0 Å². The molecule has 0 aromatic heterocycles. The number of piperazine rings is 1. The van der Waals surface area contributed by atoms with Gasteiger partial charge in [-0.3, -0.25) is 0 Å². The molecule has 0 radical (unpaired) electrons. The van der Waals surface area contributed by atoms with E-state index in [9.17, 15) is 0 Å². The standard InChI is InChI=1S/C16H30N2S/c19-14-16(6-2-1-3-7-16)13-18-10-8-17(9-11-18)12-15-4-5-15/h15,19H,1-14H2. The summed E-state index contributed by atoms with van der Waals surface area (Å²) in [6.07, 6.45) is 10.1. The van der Waals surface area contributed by atoms with Crippen LogP contribution in [0.5, 0.6) is 0 Å². The molecule has 1 aliphatic heterocycles. The van der Waals surface area contributed by atoms with E-state index < -0.39 is 0 Å². The molecule has 3 heteroatoms. The van der Waals surface area contributed by atoms with Gasteiger partial charge in [-0.2, -0.15) is 12.6 Å². The Bertz CT molecular complexity index is 276. The largest absolute Gasteiger partial charge is 0.301 e. The van der Waals surface area contributed by atoms with E-state index >= 15 is 0 Å². The minimum atomic E-state index is 0.542. The highest BCUT2D eigenvalue weighted by Gasteiger charge is 2.34. The average molecular weight is 282 g/mol. The van der Waals surface area contributed by atoms with Crippen LogP contribution in [0.3, 0.4) is 0 Å². The molecule has 0 unspecified atom stereocenters. The molecule has 0 atom stereocenters. The van der Waals surface area contributed by atoms with Crippen molar-refractivity contribution in [2.45, 2.75) is 44.9 Å². The lowest BCUT2D eigenvalue weighted by Gasteiger charge is -2.43. The summed E-state index contributed by atoms with van der Waals surface area (Å²) < 4.78 is 0. The van der Waals surface area contributed by atoms with Gasteiger partial charge in [-0.15, -0.1) is 0 Å². The fourth-order valence-corrected chi connectivity index (χ4v) is 4.35. The zero-order chi connectivity index (χ0) is 13.1. The summed E-state index contributed by atoms with van der Waals surface area (Å²) in [6.45, 7) is 7.89. The Kier molecular flexibility index (Phi) is 4.76. The molecule has 0 amide bonds. The number of thiol groups is 1. The van der Waals surface area contributed by atoms with Gasteiger partial charge < -0.3 is 9.80 Å². The Hall–Kier alpha value is 0.270. The molecule has 2 saturated carbocycles. The minimum Gasteiger partial charge on any atom is -0.301 e. The van der Waals surface area contributed by atoms with Gasteiger partial charge in [0.2, 0.25) is 0 Å². The Morgan fingerprint density at radius 2 is 1.53 bits per heavy atom. The van der Waals surface area contributed by atoms with Crippen LogP contribution in [0, 0.1) is 11.3 Å². The maximum Gasteiger partial charge on any atom is 0.0110 e. The van der Waals surface area contributed by atoms with E-state index in [2.05, 4.69) is 22.4 Å². The summed E-state index contributed by atoms with van der Waals surface area (Å²) in [6, 6.07) is 0. The highest BCUT2D eigenvalue weighted by molar-refractivity contribution is 7.80. The van der Waals surface area contributed by atoms with E-state index in [4.69, 9.17) is 0 Å². The van der Waals surface area contributed by atoms with E-state index in [1.54, 1.807) is 0 Å². The van der Waals surface area contributed by atoms with Crippen LogP contribution in [0.1, 0.15) is 44.9 Å². The molecule has 19 heavy (non-hydrogen) atoms. The van der Waals surface area contributed by atoms with Crippen molar-refractivity contribution in [3.05, 3.63) is 0 Å². The topological polar surface area (TPSA) is 6.48 Å². The summed E-state index contributed by atoms with van der Waals surface area (Å²) in [5.74, 6) is 2.14. The second-order valence-corrected chi connectivity index (χ2v) is 7.56. The second kappa shape index (κ2) is 6.36. The Labute approximate surface area is 124 Å². The summed E-state index contributed by atoms with van der Waals surface area (Å²) >= 11 is 4.68. The summed E-state index contributed by atoms with van der Waals surface area (Å²) in [7, 11) is 0. The molecule has 0 spiro atoms. The third kappa shape index (κ3) is 3.89. The third-order valence-electron chi connectivity index (χ3n) is 5.49. The van der Waals surface area contributed by atoms with Crippen molar-refractivity contribution in [1.29, 1.82) is 0 Å². The molecule has 110 valence electrons. The van der Waals surface area contributed by atoms with E-state index in [0.717, 1.165) is 11.7 Å². The maximum atomic E-state index is 4.68. The highest BCUT2D eigenvalue weighted by Crippen LogP contribution is 2.38. The van der Waals surface area contributed by atoms with Crippen molar-refractivity contribution in [3.8, 4) is 0 Å². The summed E-state index contributed by atoms with van der Waals surface area (Å²) in [5, 5.41) is 0. The fourth-order valence-electron chi connectivity index (χ4n) is 3.94. The van der Waals surface area contributed by atoms with Crippen LogP contribution in [-0.2, 0) is 0 Å². The average Bonchev–Trinajstić information content (AvgIpc) is 3.26. The SMILES string of the molecule is SCC1(CN2CCN(CC3CC3)CC2)CCCCC1. The predicted octanol–water partition coefficient (Wildman–Crippen LogP) is 2.89. The number of rotatable bonds is 5. The lowest BCUT2D eigenvalue weighted by atomic mass is 9.75. The van der Waals surface area contributed by atoms with Crippen LogP contribution in [0.4, 0.5) is 0 Å². The molecule has 0 bridgehead atoms. The van der Waals surface area contributed by atoms with Crippen molar-refractivity contribution in [3.63, 3.8) is 0 Å². The lowest BCUT2D eigenvalue weighted by molar-refractivity contribution is 0.0733. The van der Waals surface area contributed by atoms with Gasteiger partial charge in [-0.05, 0) is 42.8 Å². The monoisotopic (exact) mass is 282 g/mol. The van der Waals surface area contributed by atoms with Crippen LogP contribution in [0.2, 0.25) is 0 Å². The van der Waals surface area contributed by atoms with Crippen LogP contribution in [0.25, 0.3) is 0 Å². The molecule has 3 fully saturated rings. The molecular formula is C16H30N2S. The van der Waals surface area contributed by atoms with Gasteiger partial charge in [-0.1, -0.05) is 19.3 Å². The number of nitrogens with zero attached hydrogens (tertiary/aromatic N) is 2. The number of hydrogen-bond donors (Lipinski definition) is 1. The van der Waals surface area contributed by atoms with Gasteiger partial charge in [0.05, 0.1) is 0 Å². The normalized spacial score (nSPS) is 29.5. The minimum absolute atomic E-state index is 0.542. The first kappa shape index (κ1) is 14.2. The maximum absolute atomic E-state index is 4.68. The van der Waals surface area contributed by atoms with Gasteiger partial charge in [-0.25, -0.2) is 0 Å². The molecule has 0 aromatic rings. The van der Waals surface area contributed by atoms with Crippen molar-refractivity contribution < 1.29 is 0 Å². The predicted molar refractivity (Wildman–Crippen MR) is 85.0 cm³/mol. The first-order chi connectivity index (χ1) is 9.30. The van der Waals surface area contributed by atoms with Crippen molar-refractivity contribution in [1.82, 2.24) is 9.80 Å². The fraction of sp³-hybridized carbons (Fsp3) is 1.00. The van der Waals surface area contributed by atoms with Crippen molar-refractivity contribution in [2.75, 3.05) is 45.0 Å².